The lowest BCUT2D eigenvalue weighted by Gasteiger charge is -2.10. The number of nitrogens with zero attached hydrogens (tertiary/aromatic N) is 2. The summed E-state index contributed by atoms with van der Waals surface area (Å²) in [4.78, 5) is 17.5. The number of carbonyl (C=O) groups is 1. The van der Waals surface area contributed by atoms with Crippen molar-refractivity contribution in [1.82, 2.24) is 9.55 Å². The first-order valence-electron chi connectivity index (χ1n) is 10.4. The number of para-hydroxylation sites is 2. The first-order valence-corrected chi connectivity index (χ1v) is 10.4. The van der Waals surface area contributed by atoms with E-state index in [-0.39, 0.29) is 5.78 Å². The van der Waals surface area contributed by atoms with Crippen LogP contribution in [0.4, 0.5) is 0 Å². The Kier molecular flexibility index (Phi) is 4.93. The van der Waals surface area contributed by atoms with Gasteiger partial charge in [0.2, 0.25) is 0 Å². The van der Waals surface area contributed by atoms with Crippen molar-refractivity contribution in [2.75, 3.05) is 0 Å². The minimum absolute atomic E-state index is 0.0243. The molecular formula is C28H22N2O. The molecule has 0 atom stereocenters. The van der Waals surface area contributed by atoms with Gasteiger partial charge in [0.1, 0.15) is 5.82 Å². The molecule has 0 aliphatic carbocycles. The molecule has 0 fully saturated rings. The monoisotopic (exact) mass is 402 g/mol. The number of rotatable bonds is 5. The van der Waals surface area contributed by atoms with Crippen molar-refractivity contribution < 1.29 is 4.79 Å². The summed E-state index contributed by atoms with van der Waals surface area (Å²) in [5, 5.41) is 2.45. The lowest BCUT2D eigenvalue weighted by molar-refractivity contribution is 0.104. The van der Waals surface area contributed by atoms with Gasteiger partial charge in [-0.15, -0.1) is 0 Å². The van der Waals surface area contributed by atoms with Crippen molar-refractivity contribution in [3.8, 4) is 0 Å². The van der Waals surface area contributed by atoms with Gasteiger partial charge in [-0.1, -0.05) is 84.4 Å². The van der Waals surface area contributed by atoms with Gasteiger partial charge in [-0.3, -0.25) is 4.79 Å². The molecule has 0 saturated heterocycles. The number of carbonyl (C=O) groups excluding carboxylic acids is 1. The Morgan fingerprint density at radius 3 is 2.48 bits per heavy atom. The number of hydrogen-bond donors (Lipinski definition) is 0. The normalized spacial score (nSPS) is 11.5. The number of aromatic nitrogens is 2. The van der Waals surface area contributed by atoms with Gasteiger partial charge in [0.05, 0.1) is 17.6 Å². The van der Waals surface area contributed by atoms with Crippen LogP contribution in [0.1, 0.15) is 27.3 Å². The quantitative estimate of drug-likeness (QED) is 0.250. The van der Waals surface area contributed by atoms with Crippen LogP contribution in [0.5, 0.6) is 0 Å². The average molecular weight is 402 g/mol. The summed E-state index contributed by atoms with van der Waals surface area (Å²) in [6, 6.07) is 30.5. The van der Waals surface area contributed by atoms with E-state index in [0.29, 0.717) is 12.1 Å². The Bertz CT molecular complexity index is 1420. The van der Waals surface area contributed by atoms with E-state index in [1.165, 1.54) is 16.3 Å². The highest BCUT2D eigenvalue weighted by atomic mass is 16.1. The van der Waals surface area contributed by atoms with Crippen molar-refractivity contribution in [1.29, 1.82) is 0 Å². The molecule has 0 N–H and O–H groups in total. The number of benzene rings is 4. The van der Waals surface area contributed by atoms with Crippen LogP contribution in [0.25, 0.3) is 27.9 Å². The maximum absolute atomic E-state index is 12.7. The predicted molar refractivity (Wildman–Crippen MR) is 127 cm³/mol. The van der Waals surface area contributed by atoms with Crippen molar-refractivity contribution in [2.45, 2.75) is 13.5 Å². The van der Waals surface area contributed by atoms with Crippen molar-refractivity contribution in [3.05, 3.63) is 120 Å². The summed E-state index contributed by atoms with van der Waals surface area (Å²) in [5.41, 5.74) is 5.01. The van der Waals surface area contributed by atoms with Gasteiger partial charge in [0, 0.05) is 5.56 Å². The zero-order valence-corrected chi connectivity index (χ0v) is 17.3. The molecule has 0 bridgehead atoms. The number of allylic oxidation sites excluding steroid dienone is 1. The van der Waals surface area contributed by atoms with Gasteiger partial charge in [0.15, 0.2) is 5.78 Å². The van der Waals surface area contributed by atoms with Crippen LogP contribution in [0.2, 0.25) is 0 Å². The smallest absolute Gasteiger partial charge is 0.185 e. The third-order valence-corrected chi connectivity index (χ3v) is 5.61. The summed E-state index contributed by atoms with van der Waals surface area (Å²) < 4.78 is 2.18. The lowest BCUT2D eigenvalue weighted by Crippen LogP contribution is -2.03. The number of aryl methyl sites for hydroxylation is 1. The molecule has 31 heavy (non-hydrogen) atoms. The summed E-state index contributed by atoms with van der Waals surface area (Å²) in [6.45, 7) is 2.69. The first-order chi connectivity index (χ1) is 15.2. The van der Waals surface area contributed by atoms with Crippen LogP contribution in [0.15, 0.2) is 97.1 Å². The first kappa shape index (κ1) is 19.0. The molecule has 5 aromatic rings. The largest absolute Gasteiger partial charge is 0.320 e. The fourth-order valence-electron chi connectivity index (χ4n) is 3.95. The van der Waals surface area contributed by atoms with E-state index < -0.39 is 0 Å². The highest BCUT2D eigenvalue weighted by Gasteiger charge is 2.11. The van der Waals surface area contributed by atoms with Gasteiger partial charge in [-0.25, -0.2) is 4.98 Å². The van der Waals surface area contributed by atoms with E-state index in [9.17, 15) is 4.79 Å². The molecule has 1 heterocycles. The molecular weight excluding hydrogens is 380 g/mol. The van der Waals surface area contributed by atoms with Crippen LogP contribution < -0.4 is 0 Å². The second kappa shape index (κ2) is 8.04. The highest BCUT2D eigenvalue weighted by Crippen LogP contribution is 2.24. The van der Waals surface area contributed by atoms with Gasteiger partial charge < -0.3 is 4.57 Å². The van der Waals surface area contributed by atoms with Crippen LogP contribution in [-0.4, -0.2) is 15.3 Å². The molecule has 0 aliphatic heterocycles. The SMILES string of the molecule is Cc1ccc(C(=O)/C=C/c2nc3ccccc3n2Cc2cccc3ccccc23)cc1. The molecule has 1 aromatic heterocycles. The molecule has 4 aromatic carbocycles. The highest BCUT2D eigenvalue weighted by molar-refractivity contribution is 6.06. The Morgan fingerprint density at radius 2 is 1.61 bits per heavy atom. The van der Waals surface area contributed by atoms with Crippen molar-refractivity contribution >= 4 is 33.7 Å². The molecule has 0 aliphatic rings. The van der Waals surface area contributed by atoms with E-state index in [0.717, 1.165) is 22.4 Å². The van der Waals surface area contributed by atoms with E-state index in [1.54, 1.807) is 6.08 Å². The Balaban J connectivity index is 1.55. The Morgan fingerprint density at radius 1 is 0.871 bits per heavy atom. The van der Waals surface area contributed by atoms with E-state index in [2.05, 4.69) is 53.1 Å². The van der Waals surface area contributed by atoms with E-state index in [4.69, 9.17) is 4.98 Å². The second-order valence-corrected chi connectivity index (χ2v) is 7.75. The van der Waals surface area contributed by atoms with Gasteiger partial charge in [-0.2, -0.15) is 0 Å². The Labute approximate surface area is 181 Å². The van der Waals surface area contributed by atoms with Crippen LogP contribution in [0, 0.1) is 6.92 Å². The summed E-state index contributed by atoms with van der Waals surface area (Å²) >= 11 is 0. The predicted octanol–water partition coefficient (Wildman–Crippen LogP) is 6.44. The summed E-state index contributed by atoms with van der Waals surface area (Å²) in [6.07, 6.45) is 3.44. The molecule has 0 amide bonds. The van der Waals surface area contributed by atoms with Crippen molar-refractivity contribution in [2.24, 2.45) is 0 Å². The summed E-state index contributed by atoms with van der Waals surface area (Å²) in [5.74, 6) is 0.748. The van der Waals surface area contributed by atoms with E-state index in [1.807, 2.05) is 55.5 Å². The molecule has 0 unspecified atom stereocenters. The molecule has 3 heteroatoms. The molecule has 0 spiro atoms. The standard InChI is InChI=1S/C28H22N2O/c1-20-13-15-22(16-14-20)27(31)17-18-28-29-25-11-4-5-12-26(25)30(28)19-23-9-6-8-21-7-2-3-10-24(21)23/h2-18H,19H2,1H3/b18-17+. The second-order valence-electron chi connectivity index (χ2n) is 7.75. The van der Waals surface area contributed by atoms with Crippen LogP contribution >= 0.6 is 0 Å². The molecule has 0 radical (unpaired) electrons. The molecule has 3 nitrogen and oxygen atoms in total. The fourth-order valence-corrected chi connectivity index (χ4v) is 3.95. The maximum Gasteiger partial charge on any atom is 0.185 e. The van der Waals surface area contributed by atoms with Gasteiger partial charge in [-0.05, 0) is 47.5 Å². The Hall–Kier alpha value is -3.98. The molecule has 150 valence electrons. The van der Waals surface area contributed by atoms with E-state index >= 15 is 0 Å². The topological polar surface area (TPSA) is 34.9 Å². The summed E-state index contributed by atoms with van der Waals surface area (Å²) in [7, 11) is 0. The minimum Gasteiger partial charge on any atom is -0.320 e. The third kappa shape index (κ3) is 3.78. The van der Waals surface area contributed by atoms with Crippen LogP contribution in [0.3, 0.4) is 0 Å². The zero-order chi connectivity index (χ0) is 21.2. The van der Waals surface area contributed by atoms with Crippen LogP contribution in [-0.2, 0) is 6.54 Å². The van der Waals surface area contributed by atoms with Crippen molar-refractivity contribution in [3.63, 3.8) is 0 Å². The number of hydrogen-bond acceptors (Lipinski definition) is 2. The average Bonchev–Trinajstić information content (AvgIpc) is 3.15. The molecule has 0 saturated carbocycles. The van der Waals surface area contributed by atoms with Gasteiger partial charge in [0.25, 0.3) is 0 Å². The third-order valence-electron chi connectivity index (χ3n) is 5.61. The number of fused-ring (bicyclic) bond motifs is 2. The number of imidazole rings is 1. The fraction of sp³-hybridized carbons (Fsp3) is 0.0714. The number of ketones is 1. The zero-order valence-electron chi connectivity index (χ0n) is 17.3. The maximum atomic E-state index is 12.7. The molecule has 5 rings (SSSR count). The lowest BCUT2D eigenvalue weighted by atomic mass is 10.0. The minimum atomic E-state index is -0.0243. The van der Waals surface area contributed by atoms with Gasteiger partial charge >= 0.3 is 0 Å².